The zero-order valence-electron chi connectivity index (χ0n) is 7.12. The van der Waals surface area contributed by atoms with Gasteiger partial charge in [0, 0.05) is 13.1 Å². The lowest BCUT2D eigenvalue weighted by Gasteiger charge is -2.36. The van der Waals surface area contributed by atoms with E-state index in [1.54, 1.807) is 4.90 Å². The Morgan fingerprint density at radius 1 is 1.58 bits per heavy atom. The summed E-state index contributed by atoms with van der Waals surface area (Å²) in [6.45, 7) is 3.54. The Labute approximate surface area is 71.1 Å². The van der Waals surface area contributed by atoms with E-state index in [-0.39, 0.29) is 0 Å². The molecule has 1 amide bonds. The second-order valence-corrected chi connectivity index (χ2v) is 2.98. The molecule has 1 saturated heterocycles. The molecule has 1 aliphatic heterocycles. The van der Waals surface area contributed by atoms with Gasteiger partial charge in [0.2, 0.25) is 0 Å². The van der Waals surface area contributed by atoms with Crippen molar-refractivity contribution in [3.63, 3.8) is 0 Å². The third-order valence-electron chi connectivity index (χ3n) is 2.09. The fraction of sp³-hybridized carbons (Fsp3) is 0.857. The Morgan fingerprint density at radius 3 is 2.50 bits per heavy atom. The van der Waals surface area contributed by atoms with Gasteiger partial charge in [0.1, 0.15) is 0 Å². The van der Waals surface area contributed by atoms with Gasteiger partial charge in [-0.1, -0.05) is 0 Å². The number of ether oxygens (including phenoxy) is 1. The Bertz CT molecular complexity index is 175. The molecule has 1 unspecified atom stereocenters. The number of primary amides is 1. The fourth-order valence-electron chi connectivity index (χ4n) is 1.15. The normalized spacial score (nSPS) is 24.8. The van der Waals surface area contributed by atoms with Gasteiger partial charge < -0.3 is 15.6 Å². The fourth-order valence-corrected chi connectivity index (χ4v) is 1.15. The number of amides is 1. The first-order chi connectivity index (χ1) is 5.55. The molecule has 1 rings (SSSR count). The van der Waals surface area contributed by atoms with Crippen molar-refractivity contribution in [3.05, 3.63) is 0 Å². The largest absolute Gasteiger partial charge is 0.379 e. The molecule has 1 fully saturated rings. The Morgan fingerprint density at radius 2 is 2.08 bits per heavy atom. The summed E-state index contributed by atoms with van der Waals surface area (Å²) in [5, 5.41) is 9.61. The van der Waals surface area contributed by atoms with E-state index in [0.717, 1.165) is 0 Å². The van der Waals surface area contributed by atoms with Gasteiger partial charge in [0.05, 0.1) is 13.2 Å². The number of morpholine rings is 1. The lowest BCUT2D eigenvalue weighted by Crippen LogP contribution is -2.58. The van der Waals surface area contributed by atoms with Crippen LogP contribution in [0.3, 0.4) is 0 Å². The number of carbonyl (C=O) groups excluding carboxylic acids is 1. The molecule has 3 N–H and O–H groups in total. The van der Waals surface area contributed by atoms with Gasteiger partial charge in [0.25, 0.3) is 5.91 Å². The standard InChI is InChI=1S/C7H14N2O3/c1-7(11,6(8)10)9-2-4-12-5-3-9/h11H,2-5H2,1H3,(H2,8,10). The van der Waals surface area contributed by atoms with E-state index >= 15 is 0 Å². The van der Waals surface area contributed by atoms with Gasteiger partial charge >= 0.3 is 0 Å². The minimum atomic E-state index is -1.54. The van der Waals surface area contributed by atoms with Crippen LogP contribution in [0.15, 0.2) is 0 Å². The number of nitrogens with two attached hydrogens (primary N) is 1. The molecule has 0 spiro atoms. The molecule has 5 heteroatoms. The van der Waals surface area contributed by atoms with Crippen molar-refractivity contribution in [1.82, 2.24) is 4.90 Å². The SMILES string of the molecule is CC(O)(C(N)=O)N1CCOCC1. The number of hydrogen-bond donors (Lipinski definition) is 2. The van der Waals surface area contributed by atoms with Crippen LogP contribution in [-0.2, 0) is 9.53 Å². The van der Waals surface area contributed by atoms with Gasteiger partial charge in [-0.3, -0.25) is 9.69 Å². The molecule has 1 atom stereocenters. The molecule has 70 valence electrons. The number of nitrogens with zero attached hydrogens (tertiary/aromatic N) is 1. The van der Waals surface area contributed by atoms with Gasteiger partial charge in [-0.05, 0) is 6.92 Å². The van der Waals surface area contributed by atoms with Crippen LogP contribution in [0.5, 0.6) is 0 Å². The van der Waals surface area contributed by atoms with Crippen LogP contribution in [0.2, 0.25) is 0 Å². The molecule has 12 heavy (non-hydrogen) atoms. The van der Waals surface area contributed by atoms with Crippen LogP contribution in [0.4, 0.5) is 0 Å². The van der Waals surface area contributed by atoms with Crippen LogP contribution in [-0.4, -0.2) is 47.9 Å². The molecule has 1 heterocycles. The Hall–Kier alpha value is -0.650. The summed E-state index contributed by atoms with van der Waals surface area (Å²) in [7, 11) is 0. The average Bonchev–Trinajstić information content (AvgIpc) is 2.06. The van der Waals surface area contributed by atoms with E-state index < -0.39 is 11.6 Å². The highest BCUT2D eigenvalue weighted by Crippen LogP contribution is 2.12. The third-order valence-corrected chi connectivity index (χ3v) is 2.09. The molecule has 5 nitrogen and oxygen atoms in total. The highest BCUT2D eigenvalue weighted by Gasteiger charge is 2.35. The molecule has 0 aromatic rings. The molecule has 0 aromatic carbocycles. The minimum Gasteiger partial charge on any atom is -0.379 e. The van der Waals surface area contributed by atoms with Gasteiger partial charge in [-0.15, -0.1) is 0 Å². The minimum absolute atomic E-state index is 0.531. The Kier molecular flexibility index (Phi) is 2.66. The Balaban J connectivity index is 2.59. The molecule has 1 aliphatic rings. The molecular weight excluding hydrogens is 160 g/mol. The van der Waals surface area contributed by atoms with E-state index in [9.17, 15) is 9.90 Å². The topological polar surface area (TPSA) is 75.8 Å². The summed E-state index contributed by atoms with van der Waals surface area (Å²) in [5.41, 5.74) is 3.49. The van der Waals surface area contributed by atoms with Crippen LogP contribution < -0.4 is 5.73 Å². The van der Waals surface area contributed by atoms with Crippen molar-refractivity contribution in [1.29, 1.82) is 0 Å². The van der Waals surface area contributed by atoms with Crippen molar-refractivity contribution in [2.75, 3.05) is 26.3 Å². The van der Waals surface area contributed by atoms with E-state index in [4.69, 9.17) is 10.5 Å². The summed E-state index contributed by atoms with van der Waals surface area (Å²) in [6, 6.07) is 0. The molecular formula is C7H14N2O3. The lowest BCUT2D eigenvalue weighted by molar-refractivity contribution is -0.164. The summed E-state index contributed by atoms with van der Waals surface area (Å²) < 4.78 is 5.07. The first-order valence-corrected chi connectivity index (χ1v) is 3.90. The maximum Gasteiger partial charge on any atom is 0.264 e. The maximum absolute atomic E-state index is 10.8. The van der Waals surface area contributed by atoms with Crippen molar-refractivity contribution in [2.24, 2.45) is 5.73 Å². The second-order valence-electron chi connectivity index (χ2n) is 2.98. The second kappa shape index (κ2) is 3.38. The van der Waals surface area contributed by atoms with E-state index in [0.29, 0.717) is 26.3 Å². The van der Waals surface area contributed by atoms with Crippen molar-refractivity contribution >= 4 is 5.91 Å². The summed E-state index contributed by atoms with van der Waals surface area (Å²) >= 11 is 0. The van der Waals surface area contributed by atoms with Crippen LogP contribution in [0, 0.1) is 0 Å². The first kappa shape index (κ1) is 9.44. The highest BCUT2D eigenvalue weighted by atomic mass is 16.5. The third kappa shape index (κ3) is 1.74. The van der Waals surface area contributed by atoms with E-state index in [2.05, 4.69) is 0 Å². The van der Waals surface area contributed by atoms with E-state index in [1.165, 1.54) is 6.92 Å². The number of rotatable bonds is 2. The predicted octanol–water partition coefficient (Wildman–Crippen LogP) is -1.49. The molecule has 0 aliphatic carbocycles. The lowest BCUT2D eigenvalue weighted by atomic mass is 10.2. The highest BCUT2D eigenvalue weighted by molar-refractivity contribution is 5.82. The van der Waals surface area contributed by atoms with Crippen LogP contribution >= 0.6 is 0 Å². The van der Waals surface area contributed by atoms with E-state index in [1.807, 2.05) is 0 Å². The smallest absolute Gasteiger partial charge is 0.264 e. The summed E-state index contributed by atoms with van der Waals surface area (Å²) in [4.78, 5) is 12.4. The van der Waals surface area contributed by atoms with Crippen molar-refractivity contribution in [3.8, 4) is 0 Å². The van der Waals surface area contributed by atoms with Gasteiger partial charge in [0.15, 0.2) is 5.72 Å². The number of aliphatic hydroxyl groups is 1. The molecule has 0 aromatic heterocycles. The number of hydrogen-bond acceptors (Lipinski definition) is 4. The van der Waals surface area contributed by atoms with Crippen LogP contribution in [0.1, 0.15) is 6.92 Å². The average molecular weight is 174 g/mol. The van der Waals surface area contributed by atoms with Crippen molar-refractivity contribution < 1.29 is 14.6 Å². The predicted molar refractivity (Wildman–Crippen MR) is 42.2 cm³/mol. The summed E-state index contributed by atoms with van der Waals surface area (Å²) in [6.07, 6.45) is 0. The molecule has 0 bridgehead atoms. The van der Waals surface area contributed by atoms with Crippen molar-refractivity contribution in [2.45, 2.75) is 12.6 Å². The first-order valence-electron chi connectivity index (χ1n) is 3.90. The monoisotopic (exact) mass is 174 g/mol. The van der Waals surface area contributed by atoms with Gasteiger partial charge in [-0.25, -0.2) is 0 Å². The molecule has 0 saturated carbocycles. The molecule has 0 radical (unpaired) electrons. The van der Waals surface area contributed by atoms with Crippen LogP contribution in [0.25, 0.3) is 0 Å². The maximum atomic E-state index is 10.8. The van der Waals surface area contributed by atoms with Gasteiger partial charge in [-0.2, -0.15) is 0 Å². The summed E-state index contributed by atoms with van der Waals surface area (Å²) in [5.74, 6) is -0.718. The number of carbonyl (C=O) groups is 1. The zero-order chi connectivity index (χ0) is 9.19. The quantitative estimate of drug-likeness (QED) is 0.535. The zero-order valence-corrected chi connectivity index (χ0v) is 7.12.